The van der Waals surface area contributed by atoms with Crippen molar-refractivity contribution in [3.05, 3.63) is 53.2 Å². The molecule has 0 radical (unpaired) electrons. The first kappa shape index (κ1) is 22.3. The first-order valence-corrected chi connectivity index (χ1v) is 11.4. The quantitative estimate of drug-likeness (QED) is 0.405. The molecular weight excluding hydrogens is 444 g/mol. The molecular formula is C24H24N10O. The van der Waals surface area contributed by atoms with Gasteiger partial charge in [-0.2, -0.15) is 25.8 Å². The predicted octanol–water partition coefficient (Wildman–Crippen LogP) is 3.13. The van der Waals surface area contributed by atoms with E-state index in [0.717, 1.165) is 35.4 Å². The fourth-order valence-corrected chi connectivity index (χ4v) is 4.49. The lowest BCUT2D eigenvalue weighted by Crippen LogP contribution is -2.31. The molecule has 1 aliphatic heterocycles. The molecule has 1 fully saturated rings. The van der Waals surface area contributed by atoms with Crippen molar-refractivity contribution in [2.45, 2.75) is 45.8 Å². The normalized spacial score (nSPS) is 15.1. The van der Waals surface area contributed by atoms with Gasteiger partial charge in [0.1, 0.15) is 40.4 Å². The van der Waals surface area contributed by atoms with Crippen LogP contribution in [0.3, 0.4) is 0 Å². The molecule has 1 saturated heterocycles. The summed E-state index contributed by atoms with van der Waals surface area (Å²) in [4.78, 5) is 1.77. The standard InChI is InChI=1S/C24H24N10O/c1-15-8-21(29-27-11-15)17(3)35-22-9-18(13-33-24(22)19(10-25)12-28-33)23-16(2)34(31-30-23)20-4-6-32(14-26)7-5-20/h8-9,11-13,17,20H,4-7H2,1-3H3. The Balaban J connectivity index is 1.52. The molecule has 11 heteroatoms. The lowest BCUT2D eigenvalue weighted by Gasteiger charge is -2.28. The number of hydrogen-bond donors (Lipinski definition) is 0. The van der Waals surface area contributed by atoms with E-state index in [9.17, 15) is 5.26 Å². The third-order valence-electron chi connectivity index (χ3n) is 6.38. The zero-order valence-corrected chi connectivity index (χ0v) is 19.8. The van der Waals surface area contributed by atoms with Gasteiger partial charge in [0.15, 0.2) is 6.19 Å². The van der Waals surface area contributed by atoms with E-state index < -0.39 is 6.10 Å². The van der Waals surface area contributed by atoms with Crippen LogP contribution in [0.25, 0.3) is 16.8 Å². The summed E-state index contributed by atoms with van der Waals surface area (Å²) in [5, 5.41) is 40.3. The first-order valence-electron chi connectivity index (χ1n) is 11.4. The molecule has 176 valence electrons. The molecule has 1 aliphatic rings. The maximum atomic E-state index is 9.62. The summed E-state index contributed by atoms with van der Waals surface area (Å²) >= 11 is 0. The van der Waals surface area contributed by atoms with Crippen LogP contribution in [0.1, 0.15) is 54.4 Å². The zero-order chi connectivity index (χ0) is 24.5. The van der Waals surface area contributed by atoms with Crippen LogP contribution in [0.5, 0.6) is 5.75 Å². The fraction of sp³-hybridized carbons (Fsp3) is 0.375. The SMILES string of the molecule is Cc1cnnc(C(C)Oc2cc(-c3nnn(C4CCN(C#N)CC4)c3C)cn3ncc(C#N)c23)c1. The molecule has 0 aliphatic carbocycles. The lowest BCUT2D eigenvalue weighted by atomic mass is 10.0. The highest BCUT2D eigenvalue weighted by Gasteiger charge is 2.25. The molecule has 0 amide bonds. The monoisotopic (exact) mass is 468 g/mol. The van der Waals surface area contributed by atoms with Crippen molar-refractivity contribution < 1.29 is 4.74 Å². The van der Waals surface area contributed by atoms with Crippen LogP contribution in [0.4, 0.5) is 0 Å². The van der Waals surface area contributed by atoms with Crippen LogP contribution < -0.4 is 4.74 Å². The van der Waals surface area contributed by atoms with Crippen LogP contribution in [0, 0.1) is 36.6 Å². The van der Waals surface area contributed by atoms with Crippen LogP contribution in [-0.2, 0) is 0 Å². The third kappa shape index (κ3) is 4.13. The summed E-state index contributed by atoms with van der Waals surface area (Å²) in [5.41, 5.74) is 5.10. The minimum atomic E-state index is -0.398. The lowest BCUT2D eigenvalue weighted by molar-refractivity contribution is 0.222. The smallest absolute Gasteiger partial charge is 0.179 e. The van der Waals surface area contributed by atoms with Gasteiger partial charge in [0.2, 0.25) is 0 Å². The van der Waals surface area contributed by atoms with E-state index >= 15 is 0 Å². The molecule has 35 heavy (non-hydrogen) atoms. The zero-order valence-electron chi connectivity index (χ0n) is 19.8. The average Bonchev–Trinajstić information content (AvgIpc) is 3.47. The Hall–Kier alpha value is -4.51. The minimum absolute atomic E-state index is 0.190. The summed E-state index contributed by atoms with van der Waals surface area (Å²) in [6, 6.07) is 6.17. The maximum Gasteiger partial charge on any atom is 0.179 e. The van der Waals surface area contributed by atoms with Crippen molar-refractivity contribution in [2.24, 2.45) is 0 Å². The van der Waals surface area contributed by atoms with E-state index in [1.54, 1.807) is 15.6 Å². The highest BCUT2D eigenvalue weighted by molar-refractivity contribution is 5.74. The van der Waals surface area contributed by atoms with Crippen molar-refractivity contribution in [3.8, 4) is 29.3 Å². The Morgan fingerprint density at radius 2 is 1.91 bits per heavy atom. The average molecular weight is 469 g/mol. The molecule has 5 rings (SSSR count). The first-order chi connectivity index (χ1) is 17.0. The molecule has 0 saturated carbocycles. The van der Waals surface area contributed by atoms with Crippen LogP contribution in [-0.4, -0.2) is 52.8 Å². The molecule has 0 aromatic carbocycles. The van der Waals surface area contributed by atoms with Crippen LogP contribution in [0.15, 0.2) is 30.7 Å². The van der Waals surface area contributed by atoms with Crippen molar-refractivity contribution >= 4 is 5.52 Å². The Labute approximate surface area is 202 Å². The molecule has 0 N–H and O–H groups in total. The number of ether oxygens (including phenoxy) is 1. The molecule has 4 aromatic heterocycles. The Kier molecular flexibility index (Phi) is 5.75. The van der Waals surface area contributed by atoms with Crippen LogP contribution in [0.2, 0.25) is 0 Å². The van der Waals surface area contributed by atoms with Crippen molar-refractivity contribution in [3.63, 3.8) is 0 Å². The van der Waals surface area contributed by atoms with E-state index in [1.807, 2.05) is 43.8 Å². The number of aryl methyl sites for hydroxylation is 1. The predicted molar refractivity (Wildman–Crippen MR) is 125 cm³/mol. The van der Waals surface area contributed by atoms with E-state index in [0.29, 0.717) is 35.6 Å². The molecule has 11 nitrogen and oxygen atoms in total. The van der Waals surface area contributed by atoms with Gasteiger partial charge in [-0.15, -0.1) is 5.10 Å². The number of piperidine rings is 1. The summed E-state index contributed by atoms with van der Waals surface area (Å²) in [6.07, 6.45) is 8.54. The number of fused-ring (bicyclic) bond motifs is 1. The van der Waals surface area contributed by atoms with E-state index in [-0.39, 0.29) is 6.04 Å². The Morgan fingerprint density at radius 1 is 1.11 bits per heavy atom. The third-order valence-corrected chi connectivity index (χ3v) is 6.38. The van der Waals surface area contributed by atoms with Gasteiger partial charge in [-0.3, -0.25) is 0 Å². The number of nitriles is 2. The molecule has 0 bridgehead atoms. The fourth-order valence-electron chi connectivity index (χ4n) is 4.49. The highest BCUT2D eigenvalue weighted by Crippen LogP contribution is 2.34. The van der Waals surface area contributed by atoms with Gasteiger partial charge in [0, 0.05) is 24.8 Å². The second-order valence-electron chi connectivity index (χ2n) is 8.76. The van der Waals surface area contributed by atoms with Gasteiger partial charge in [-0.05, 0) is 51.3 Å². The number of rotatable bonds is 5. The van der Waals surface area contributed by atoms with Crippen molar-refractivity contribution in [2.75, 3.05) is 13.1 Å². The number of nitrogens with zero attached hydrogens (tertiary/aromatic N) is 10. The van der Waals surface area contributed by atoms with Gasteiger partial charge in [0.05, 0.1) is 24.1 Å². The summed E-state index contributed by atoms with van der Waals surface area (Å²) in [5.74, 6) is 0.503. The highest BCUT2D eigenvalue weighted by atomic mass is 16.5. The largest absolute Gasteiger partial charge is 0.482 e. The Bertz CT molecular complexity index is 1470. The van der Waals surface area contributed by atoms with Gasteiger partial charge < -0.3 is 9.64 Å². The number of aromatic nitrogens is 7. The van der Waals surface area contributed by atoms with E-state index in [4.69, 9.17) is 10.00 Å². The molecule has 4 aromatic rings. The van der Waals surface area contributed by atoms with E-state index in [2.05, 4.69) is 37.9 Å². The number of pyridine rings is 1. The second kappa shape index (κ2) is 9.03. The van der Waals surface area contributed by atoms with Gasteiger partial charge >= 0.3 is 0 Å². The summed E-state index contributed by atoms with van der Waals surface area (Å²) < 4.78 is 9.90. The topological polar surface area (TPSA) is 134 Å². The van der Waals surface area contributed by atoms with Gasteiger partial charge in [0.25, 0.3) is 0 Å². The van der Waals surface area contributed by atoms with Gasteiger partial charge in [-0.1, -0.05) is 5.21 Å². The maximum absolute atomic E-state index is 9.62. The molecule has 1 atom stereocenters. The van der Waals surface area contributed by atoms with Crippen LogP contribution >= 0.6 is 0 Å². The number of likely N-dealkylation sites (tertiary alicyclic amines) is 1. The second-order valence-corrected chi connectivity index (χ2v) is 8.76. The molecule has 0 spiro atoms. The molecule has 1 unspecified atom stereocenters. The summed E-state index contributed by atoms with van der Waals surface area (Å²) in [7, 11) is 0. The number of hydrogen-bond acceptors (Lipinski definition) is 9. The Morgan fingerprint density at radius 3 is 2.63 bits per heavy atom. The van der Waals surface area contributed by atoms with E-state index in [1.165, 1.54) is 6.20 Å². The van der Waals surface area contributed by atoms with Crippen molar-refractivity contribution in [1.82, 2.24) is 39.7 Å². The molecule has 5 heterocycles. The van der Waals surface area contributed by atoms with Crippen molar-refractivity contribution in [1.29, 1.82) is 10.5 Å². The summed E-state index contributed by atoms with van der Waals surface area (Å²) in [6.45, 7) is 7.26. The minimum Gasteiger partial charge on any atom is -0.482 e. The van der Waals surface area contributed by atoms with Gasteiger partial charge in [-0.25, -0.2) is 9.20 Å².